The molecule has 1 amide bonds. The lowest BCUT2D eigenvalue weighted by atomic mass is 10.1. The van der Waals surface area contributed by atoms with E-state index in [1.807, 2.05) is 18.2 Å². The standard InChI is InChI=1S/C18H19F2NO3/c1-12(11-24-13-6-3-2-4-7-13)18(23)21-10-16(22)17-14(19)8-5-9-15(17)20/h2-9,12,16,22H,10-11H2,1H3,(H,21,23). The molecule has 0 bridgehead atoms. The number of aliphatic hydroxyl groups excluding tert-OH is 1. The summed E-state index contributed by atoms with van der Waals surface area (Å²) in [7, 11) is 0. The highest BCUT2D eigenvalue weighted by Gasteiger charge is 2.20. The number of amides is 1. The second-order valence-corrected chi connectivity index (χ2v) is 5.42. The molecule has 0 aromatic heterocycles. The van der Waals surface area contributed by atoms with Crippen molar-refractivity contribution in [3.8, 4) is 5.75 Å². The van der Waals surface area contributed by atoms with Crippen molar-refractivity contribution >= 4 is 5.91 Å². The van der Waals surface area contributed by atoms with Gasteiger partial charge in [-0.25, -0.2) is 8.78 Å². The first-order valence-corrected chi connectivity index (χ1v) is 7.56. The predicted molar refractivity (Wildman–Crippen MR) is 85.4 cm³/mol. The minimum absolute atomic E-state index is 0.153. The zero-order valence-electron chi connectivity index (χ0n) is 13.2. The van der Waals surface area contributed by atoms with E-state index in [1.54, 1.807) is 19.1 Å². The number of hydrogen-bond acceptors (Lipinski definition) is 3. The number of aliphatic hydroxyl groups is 1. The fourth-order valence-corrected chi connectivity index (χ4v) is 2.12. The molecule has 2 unspecified atom stereocenters. The van der Waals surface area contributed by atoms with Crippen molar-refractivity contribution in [2.45, 2.75) is 13.0 Å². The van der Waals surface area contributed by atoms with E-state index in [9.17, 15) is 18.7 Å². The van der Waals surface area contributed by atoms with Crippen LogP contribution >= 0.6 is 0 Å². The third kappa shape index (κ3) is 4.76. The Kier molecular flexibility index (Phi) is 6.26. The first-order chi connectivity index (χ1) is 11.5. The molecule has 0 heterocycles. The molecular formula is C18H19F2NO3. The summed E-state index contributed by atoms with van der Waals surface area (Å²) in [5.74, 6) is -1.91. The zero-order valence-corrected chi connectivity index (χ0v) is 13.2. The van der Waals surface area contributed by atoms with E-state index in [4.69, 9.17) is 4.74 Å². The lowest BCUT2D eigenvalue weighted by Crippen LogP contribution is -2.35. The van der Waals surface area contributed by atoms with E-state index in [0.29, 0.717) is 5.75 Å². The Morgan fingerprint density at radius 1 is 1.12 bits per heavy atom. The number of carbonyl (C=O) groups excluding carboxylic acids is 1. The van der Waals surface area contributed by atoms with Crippen LogP contribution in [0.3, 0.4) is 0 Å². The van der Waals surface area contributed by atoms with Gasteiger partial charge in [-0.05, 0) is 24.3 Å². The molecule has 2 N–H and O–H groups in total. The smallest absolute Gasteiger partial charge is 0.226 e. The van der Waals surface area contributed by atoms with Crippen LogP contribution in [0.2, 0.25) is 0 Å². The van der Waals surface area contributed by atoms with Crippen LogP contribution in [0.25, 0.3) is 0 Å². The SMILES string of the molecule is CC(COc1ccccc1)C(=O)NCC(O)c1c(F)cccc1F. The van der Waals surface area contributed by atoms with Gasteiger partial charge in [0.25, 0.3) is 0 Å². The number of hydrogen-bond donors (Lipinski definition) is 2. The molecule has 0 aliphatic heterocycles. The van der Waals surface area contributed by atoms with Crippen molar-refractivity contribution in [1.29, 1.82) is 0 Å². The Morgan fingerprint density at radius 3 is 2.38 bits per heavy atom. The molecule has 2 aromatic rings. The molecule has 2 aromatic carbocycles. The van der Waals surface area contributed by atoms with Gasteiger partial charge in [-0.1, -0.05) is 31.2 Å². The van der Waals surface area contributed by atoms with Gasteiger partial charge in [0.15, 0.2) is 0 Å². The van der Waals surface area contributed by atoms with Crippen molar-refractivity contribution < 1.29 is 23.4 Å². The maximum atomic E-state index is 13.6. The van der Waals surface area contributed by atoms with Crippen LogP contribution < -0.4 is 10.1 Å². The summed E-state index contributed by atoms with van der Waals surface area (Å²) in [6, 6.07) is 12.4. The molecule has 0 saturated carbocycles. The highest BCUT2D eigenvalue weighted by molar-refractivity contribution is 5.78. The average Bonchev–Trinajstić information content (AvgIpc) is 2.58. The van der Waals surface area contributed by atoms with Crippen LogP contribution in [0.1, 0.15) is 18.6 Å². The quantitative estimate of drug-likeness (QED) is 0.818. The number of benzene rings is 2. The maximum Gasteiger partial charge on any atom is 0.226 e. The molecule has 2 rings (SSSR count). The van der Waals surface area contributed by atoms with Gasteiger partial charge in [-0.15, -0.1) is 0 Å². The minimum Gasteiger partial charge on any atom is -0.493 e. The molecule has 0 aliphatic carbocycles. The fourth-order valence-electron chi connectivity index (χ4n) is 2.12. The first kappa shape index (κ1) is 17.9. The maximum absolute atomic E-state index is 13.6. The van der Waals surface area contributed by atoms with Gasteiger partial charge < -0.3 is 15.2 Å². The Bertz CT molecular complexity index is 659. The predicted octanol–water partition coefficient (Wildman–Crippen LogP) is 2.83. The Balaban J connectivity index is 1.83. The van der Waals surface area contributed by atoms with Crippen LogP contribution in [0, 0.1) is 17.6 Å². The van der Waals surface area contributed by atoms with Gasteiger partial charge >= 0.3 is 0 Å². The van der Waals surface area contributed by atoms with E-state index >= 15 is 0 Å². The summed E-state index contributed by atoms with van der Waals surface area (Å²) in [5, 5.41) is 12.4. The highest BCUT2D eigenvalue weighted by atomic mass is 19.1. The molecule has 24 heavy (non-hydrogen) atoms. The summed E-state index contributed by atoms with van der Waals surface area (Å²) < 4.78 is 32.6. The van der Waals surface area contributed by atoms with Crippen LogP contribution in [0.15, 0.2) is 48.5 Å². The largest absolute Gasteiger partial charge is 0.493 e. The summed E-state index contributed by atoms with van der Waals surface area (Å²) in [6.07, 6.45) is -1.46. The molecule has 0 aliphatic rings. The summed E-state index contributed by atoms with van der Waals surface area (Å²) in [6.45, 7) is 1.53. The highest BCUT2D eigenvalue weighted by Crippen LogP contribution is 2.20. The molecule has 128 valence electrons. The third-order valence-electron chi connectivity index (χ3n) is 3.49. The van der Waals surface area contributed by atoms with Crippen LogP contribution in [-0.2, 0) is 4.79 Å². The molecule has 0 fully saturated rings. The fraction of sp³-hybridized carbons (Fsp3) is 0.278. The summed E-state index contributed by atoms with van der Waals surface area (Å²) in [5.41, 5.74) is -0.453. The molecule has 0 radical (unpaired) electrons. The van der Waals surface area contributed by atoms with E-state index < -0.39 is 29.2 Å². The van der Waals surface area contributed by atoms with Crippen LogP contribution in [0.5, 0.6) is 5.75 Å². The normalized spacial score (nSPS) is 13.2. The Hall–Kier alpha value is -2.47. The summed E-state index contributed by atoms with van der Waals surface area (Å²) >= 11 is 0. The lowest BCUT2D eigenvalue weighted by Gasteiger charge is -2.17. The number of ether oxygens (including phenoxy) is 1. The number of carbonyl (C=O) groups is 1. The van der Waals surface area contributed by atoms with Gasteiger partial charge in [-0.2, -0.15) is 0 Å². The van der Waals surface area contributed by atoms with Crippen molar-refractivity contribution in [3.63, 3.8) is 0 Å². The van der Waals surface area contributed by atoms with Crippen molar-refractivity contribution in [3.05, 3.63) is 65.7 Å². The molecular weight excluding hydrogens is 316 g/mol. The monoisotopic (exact) mass is 335 g/mol. The van der Waals surface area contributed by atoms with E-state index in [0.717, 1.165) is 12.1 Å². The Morgan fingerprint density at radius 2 is 1.75 bits per heavy atom. The average molecular weight is 335 g/mol. The first-order valence-electron chi connectivity index (χ1n) is 7.56. The van der Waals surface area contributed by atoms with Crippen molar-refractivity contribution in [2.75, 3.05) is 13.2 Å². The van der Waals surface area contributed by atoms with Crippen molar-refractivity contribution in [1.82, 2.24) is 5.32 Å². The second kappa shape index (κ2) is 8.40. The van der Waals surface area contributed by atoms with Gasteiger partial charge in [0, 0.05) is 6.54 Å². The molecule has 0 saturated heterocycles. The van der Waals surface area contributed by atoms with Crippen molar-refractivity contribution in [2.24, 2.45) is 5.92 Å². The molecule has 6 heteroatoms. The molecule has 2 atom stereocenters. The van der Waals surface area contributed by atoms with E-state index in [-0.39, 0.29) is 19.1 Å². The second-order valence-electron chi connectivity index (χ2n) is 5.42. The van der Waals surface area contributed by atoms with Gasteiger partial charge in [0.05, 0.1) is 18.1 Å². The third-order valence-corrected chi connectivity index (χ3v) is 3.49. The zero-order chi connectivity index (χ0) is 17.5. The number of rotatable bonds is 7. The van der Waals surface area contributed by atoms with Gasteiger partial charge in [0.1, 0.15) is 23.5 Å². The Labute approximate surface area is 139 Å². The lowest BCUT2D eigenvalue weighted by molar-refractivity contribution is -0.125. The van der Waals surface area contributed by atoms with E-state index in [2.05, 4.69) is 5.32 Å². The number of nitrogens with one attached hydrogen (secondary N) is 1. The van der Waals surface area contributed by atoms with Gasteiger partial charge in [0.2, 0.25) is 5.91 Å². The van der Waals surface area contributed by atoms with E-state index in [1.165, 1.54) is 6.07 Å². The minimum atomic E-state index is -1.46. The molecule has 4 nitrogen and oxygen atoms in total. The number of halogens is 2. The topological polar surface area (TPSA) is 58.6 Å². The van der Waals surface area contributed by atoms with Crippen LogP contribution in [0.4, 0.5) is 8.78 Å². The number of para-hydroxylation sites is 1. The summed E-state index contributed by atoms with van der Waals surface area (Å²) in [4.78, 5) is 12.0. The van der Waals surface area contributed by atoms with Gasteiger partial charge in [-0.3, -0.25) is 4.79 Å². The molecule has 0 spiro atoms. The van der Waals surface area contributed by atoms with Crippen LogP contribution in [-0.4, -0.2) is 24.2 Å².